The number of hydrogen-bond acceptors (Lipinski definition) is 3. The molecule has 0 saturated carbocycles. The maximum absolute atomic E-state index is 13.7. The standard InChI is InChI=1S/C19H18ClF3N2O3/c1-2-9-25(17(27)11-28-13-5-3-12(20)4-6-13)10-16(26)24-15-8-7-14(21)18(22)19(15)23/h3-8H,2,9-11H2,1H3,(H,24,26). The largest absolute Gasteiger partial charge is 0.484 e. The number of carbonyl (C=O) groups is 2. The third-order valence-electron chi connectivity index (χ3n) is 3.67. The molecule has 0 aromatic heterocycles. The van der Waals surface area contributed by atoms with Gasteiger partial charge in [0, 0.05) is 11.6 Å². The van der Waals surface area contributed by atoms with Crippen LogP contribution in [0.15, 0.2) is 36.4 Å². The van der Waals surface area contributed by atoms with E-state index in [4.69, 9.17) is 16.3 Å². The molecule has 1 N–H and O–H groups in total. The van der Waals surface area contributed by atoms with Crippen molar-refractivity contribution in [1.29, 1.82) is 0 Å². The molecule has 2 amide bonds. The molecule has 0 heterocycles. The lowest BCUT2D eigenvalue weighted by Crippen LogP contribution is -2.41. The van der Waals surface area contributed by atoms with Crippen molar-refractivity contribution < 1.29 is 27.5 Å². The van der Waals surface area contributed by atoms with Crippen LogP contribution in [0.3, 0.4) is 0 Å². The van der Waals surface area contributed by atoms with Crippen molar-refractivity contribution in [3.05, 3.63) is 58.9 Å². The Bertz CT molecular complexity index is 847. The van der Waals surface area contributed by atoms with Gasteiger partial charge in [-0.05, 0) is 42.8 Å². The minimum absolute atomic E-state index is 0.260. The molecule has 0 spiro atoms. The average molecular weight is 415 g/mol. The lowest BCUT2D eigenvalue weighted by atomic mass is 10.2. The molecule has 5 nitrogen and oxygen atoms in total. The van der Waals surface area contributed by atoms with Crippen molar-refractivity contribution in [2.75, 3.05) is 25.0 Å². The van der Waals surface area contributed by atoms with Crippen LogP contribution >= 0.6 is 11.6 Å². The number of amides is 2. The molecule has 0 atom stereocenters. The van der Waals surface area contributed by atoms with Crippen LogP contribution in [0.2, 0.25) is 5.02 Å². The Labute approximate surface area is 165 Å². The third kappa shape index (κ3) is 5.88. The van der Waals surface area contributed by atoms with Crippen molar-refractivity contribution in [2.24, 2.45) is 0 Å². The van der Waals surface area contributed by atoms with E-state index >= 15 is 0 Å². The van der Waals surface area contributed by atoms with Gasteiger partial charge in [-0.25, -0.2) is 13.2 Å². The van der Waals surface area contributed by atoms with Crippen LogP contribution < -0.4 is 10.1 Å². The summed E-state index contributed by atoms with van der Waals surface area (Å²) in [6.45, 7) is 1.37. The first-order chi connectivity index (χ1) is 13.3. The van der Waals surface area contributed by atoms with E-state index in [0.29, 0.717) is 23.3 Å². The van der Waals surface area contributed by atoms with Crippen LogP contribution in [-0.2, 0) is 9.59 Å². The van der Waals surface area contributed by atoms with E-state index in [1.54, 1.807) is 24.3 Å². The van der Waals surface area contributed by atoms with Crippen molar-refractivity contribution >= 4 is 29.1 Å². The van der Waals surface area contributed by atoms with Crippen LogP contribution in [-0.4, -0.2) is 36.4 Å². The van der Waals surface area contributed by atoms with Gasteiger partial charge in [-0.15, -0.1) is 0 Å². The number of nitrogens with one attached hydrogen (secondary N) is 1. The summed E-state index contributed by atoms with van der Waals surface area (Å²) in [6.07, 6.45) is 0.569. The molecule has 9 heteroatoms. The molecule has 0 aliphatic heterocycles. The summed E-state index contributed by atoms with van der Waals surface area (Å²) in [5, 5.41) is 2.65. The van der Waals surface area contributed by atoms with Gasteiger partial charge >= 0.3 is 0 Å². The van der Waals surface area contributed by atoms with E-state index < -0.39 is 41.5 Å². The van der Waals surface area contributed by atoms with E-state index in [-0.39, 0.29) is 13.2 Å². The molecule has 2 aromatic carbocycles. The van der Waals surface area contributed by atoms with Crippen molar-refractivity contribution in [2.45, 2.75) is 13.3 Å². The molecule has 28 heavy (non-hydrogen) atoms. The van der Waals surface area contributed by atoms with Gasteiger partial charge in [0.05, 0.1) is 12.2 Å². The summed E-state index contributed by atoms with van der Waals surface area (Å²) in [4.78, 5) is 25.7. The number of benzene rings is 2. The Morgan fingerprint density at radius 1 is 1.07 bits per heavy atom. The highest BCUT2D eigenvalue weighted by molar-refractivity contribution is 6.30. The van der Waals surface area contributed by atoms with Crippen LogP contribution in [0.5, 0.6) is 5.75 Å². The zero-order valence-electron chi connectivity index (χ0n) is 15.0. The van der Waals surface area contributed by atoms with E-state index in [1.807, 2.05) is 6.92 Å². The second-order valence-electron chi connectivity index (χ2n) is 5.83. The summed E-state index contributed by atoms with van der Waals surface area (Å²) >= 11 is 5.77. The third-order valence-corrected chi connectivity index (χ3v) is 3.92. The van der Waals surface area contributed by atoms with E-state index in [2.05, 4.69) is 5.32 Å². The van der Waals surface area contributed by atoms with Gasteiger partial charge in [-0.2, -0.15) is 0 Å². The minimum Gasteiger partial charge on any atom is -0.484 e. The molecular formula is C19H18ClF3N2O3. The smallest absolute Gasteiger partial charge is 0.260 e. The zero-order chi connectivity index (χ0) is 20.7. The molecule has 0 saturated heterocycles. The number of nitrogens with zero attached hydrogens (tertiary/aromatic N) is 1. The minimum atomic E-state index is -1.68. The number of carbonyl (C=O) groups excluding carboxylic acids is 2. The van der Waals surface area contributed by atoms with Gasteiger partial charge in [-0.1, -0.05) is 18.5 Å². The first kappa shape index (κ1) is 21.6. The summed E-state index contributed by atoms with van der Waals surface area (Å²) < 4.78 is 45.2. The van der Waals surface area contributed by atoms with Crippen LogP contribution in [0, 0.1) is 17.5 Å². The highest BCUT2D eigenvalue weighted by Crippen LogP contribution is 2.19. The summed E-state index contributed by atoms with van der Waals surface area (Å²) in [7, 11) is 0. The van der Waals surface area contributed by atoms with Gasteiger partial charge < -0.3 is 15.0 Å². The second kappa shape index (κ2) is 9.98. The molecule has 0 unspecified atom stereocenters. The molecule has 0 fully saturated rings. The molecule has 0 bridgehead atoms. The maximum atomic E-state index is 13.7. The maximum Gasteiger partial charge on any atom is 0.260 e. The fourth-order valence-electron chi connectivity index (χ4n) is 2.31. The molecule has 2 aromatic rings. The fraction of sp³-hybridized carbons (Fsp3) is 0.263. The van der Waals surface area contributed by atoms with Gasteiger partial charge in [0.25, 0.3) is 5.91 Å². The highest BCUT2D eigenvalue weighted by atomic mass is 35.5. The van der Waals surface area contributed by atoms with Crippen LogP contribution in [0.25, 0.3) is 0 Å². The van der Waals surface area contributed by atoms with Crippen LogP contribution in [0.1, 0.15) is 13.3 Å². The Hall–Kier alpha value is -2.74. The molecular weight excluding hydrogens is 397 g/mol. The lowest BCUT2D eigenvalue weighted by molar-refractivity contribution is -0.136. The van der Waals surface area contributed by atoms with Crippen molar-refractivity contribution in [3.63, 3.8) is 0 Å². The van der Waals surface area contributed by atoms with E-state index in [0.717, 1.165) is 6.07 Å². The van der Waals surface area contributed by atoms with Crippen molar-refractivity contribution in [1.82, 2.24) is 4.90 Å². The predicted molar refractivity (Wildman–Crippen MR) is 98.8 cm³/mol. The molecule has 0 aliphatic carbocycles. The number of hydrogen-bond donors (Lipinski definition) is 1. The first-order valence-corrected chi connectivity index (χ1v) is 8.79. The Balaban J connectivity index is 1.97. The van der Waals surface area contributed by atoms with E-state index in [1.165, 1.54) is 4.90 Å². The van der Waals surface area contributed by atoms with E-state index in [9.17, 15) is 22.8 Å². The van der Waals surface area contributed by atoms with Gasteiger partial charge in [0.1, 0.15) is 5.75 Å². The Kier molecular flexibility index (Phi) is 7.69. The molecule has 0 aliphatic rings. The van der Waals surface area contributed by atoms with Crippen molar-refractivity contribution in [3.8, 4) is 5.75 Å². The summed E-state index contributed by atoms with van der Waals surface area (Å²) in [6, 6.07) is 8.00. The van der Waals surface area contributed by atoms with Crippen LogP contribution in [0.4, 0.5) is 18.9 Å². The summed E-state index contributed by atoms with van der Waals surface area (Å²) in [5.74, 6) is -5.33. The Morgan fingerprint density at radius 2 is 1.75 bits per heavy atom. The normalized spacial score (nSPS) is 10.5. The second-order valence-corrected chi connectivity index (χ2v) is 6.27. The quantitative estimate of drug-likeness (QED) is 0.664. The topological polar surface area (TPSA) is 58.6 Å². The Morgan fingerprint density at radius 3 is 2.39 bits per heavy atom. The number of rotatable bonds is 8. The molecule has 150 valence electrons. The number of anilines is 1. The summed E-state index contributed by atoms with van der Waals surface area (Å²) in [5.41, 5.74) is -0.509. The molecule has 0 radical (unpaired) electrons. The number of halogens is 4. The molecule has 2 rings (SSSR count). The lowest BCUT2D eigenvalue weighted by Gasteiger charge is -2.22. The average Bonchev–Trinajstić information content (AvgIpc) is 2.67. The number of ether oxygens (including phenoxy) is 1. The van der Waals surface area contributed by atoms with Gasteiger partial charge in [0.15, 0.2) is 24.1 Å². The highest BCUT2D eigenvalue weighted by Gasteiger charge is 2.20. The first-order valence-electron chi connectivity index (χ1n) is 8.41. The SMILES string of the molecule is CCCN(CC(=O)Nc1ccc(F)c(F)c1F)C(=O)COc1ccc(Cl)cc1. The predicted octanol–water partition coefficient (Wildman–Crippen LogP) is 4.01. The monoisotopic (exact) mass is 414 g/mol. The zero-order valence-corrected chi connectivity index (χ0v) is 15.7. The van der Waals surface area contributed by atoms with Gasteiger partial charge in [0.2, 0.25) is 5.91 Å². The van der Waals surface area contributed by atoms with Gasteiger partial charge in [-0.3, -0.25) is 9.59 Å². The fourth-order valence-corrected chi connectivity index (χ4v) is 2.44.